The molecule has 0 amide bonds. The minimum Gasteiger partial charge on any atom is -0.294 e. The Balaban J connectivity index is 2.12. The number of unbranched alkanes of at least 4 members (excludes halogenated alkanes) is 6. The summed E-state index contributed by atoms with van der Waals surface area (Å²) in [5, 5.41) is 0. The first kappa shape index (κ1) is 18.9. The van der Waals surface area contributed by atoms with Crippen LogP contribution in [0, 0.1) is 11.8 Å². The van der Waals surface area contributed by atoms with E-state index in [1.807, 2.05) is 24.3 Å². The fourth-order valence-corrected chi connectivity index (χ4v) is 3.92. The average Bonchev–Trinajstić information content (AvgIpc) is 2.61. The summed E-state index contributed by atoms with van der Waals surface area (Å²) in [6, 6.07) is 7.42. The van der Waals surface area contributed by atoms with Crippen LogP contribution in [0.1, 0.15) is 98.8 Å². The third kappa shape index (κ3) is 4.55. The molecule has 2 heteroatoms. The molecule has 1 aromatic carbocycles. The van der Waals surface area contributed by atoms with Crippen LogP contribution < -0.4 is 0 Å². The van der Waals surface area contributed by atoms with Crippen LogP contribution in [0.3, 0.4) is 0 Å². The van der Waals surface area contributed by atoms with Gasteiger partial charge in [0.25, 0.3) is 0 Å². The molecule has 0 spiro atoms. The van der Waals surface area contributed by atoms with Crippen molar-refractivity contribution in [1.82, 2.24) is 0 Å². The highest BCUT2D eigenvalue weighted by atomic mass is 16.1. The van der Waals surface area contributed by atoms with Gasteiger partial charge in [-0.05, 0) is 12.8 Å². The van der Waals surface area contributed by atoms with Crippen molar-refractivity contribution >= 4 is 11.6 Å². The van der Waals surface area contributed by atoms with Crippen LogP contribution in [0.15, 0.2) is 24.3 Å². The van der Waals surface area contributed by atoms with E-state index in [1.54, 1.807) is 0 Å². The maximum atomic E-state index is 13.0. The fraction of sp³-hybridized carbons (Fsp3) is 0.636. The Kier molecular flexibility index (Phi) is 7.68. The maximum absolute atomic E-state index is 13.0. The SMILES string of the molecule is CCCCCCC1C(=O)c2ccccc2C(=O)C1CCCCCC. The topological polar surface area (TPSA) is 34.1 Å². The Morgan fingerprint density at radius 1 is 0.667 bits per heavy atom. The molecule has 2 unspecified atom stereocenters. The normalized spacial score (nSPS) is 20.2. The van der Waals surface area contributed by atoms with E-state index in [0.29, 0.717) is 11.1 Å². The lowest BCUT2D eigenvalue weighted by molar-refractivity contribution is 0.0708. The molecule has 1 aromatic rings. The molecule has 0 heterocycles. The summed E-state index contributed by atoms with van der Waals surface area (Å²) in [5.41, 5.74) is 1.32. The summed E-state index contributed by atoms with van der Waals surface area (Å²) in [6.45, 7) is 4.39. The molecule has 0 saturated carbocycles. The zero-order valence-corrected chi connectivity index (χ0v) is 15.4. The molecule has 2 rings (SSSR count). The quantitative estimate of drug-likeness (QED) is 0.476. The molecule has 1 aliphatic rings. The first-order valence-corrected chi connectivity index (χ1v) is 9.88. The molecule has 2 nitrogen and oxygen atoms in total. The molecule has 1 aliphatic carbocycles. The van der Waals surface area contributed by atoms with Gasteiger partial charge in [-0.3, -0.25) is 9.59 Å². The van der Waals surface area contributed by atoms with E-state index in [-0.39, 0.29) is 23.4 Å². The molecule has 0 fully saturated rings. The van der Waals surface area contributed by atoms with E-state index in [4.69, 9.17) is 0 Å². The Morgan fingerprint density at radius 3 is 1.46 bits per heavy atom. The van der Waals surface area contributed by atoms with Gasteiger partial charge in [0.2, 0.25) is 0 Å². The second-order valence-corrected chi connectivity index (χ2v) is 7.19. The highest BCUT2D eigenvalue weighted by molar-refractivity contribution is 6.15. The fourth-order valence-electron chi connectivity index (χ4n) is 3.92. The van der Waals surface area contributed by atoms with Crippen LogP contribution in [-0.4, -0.2) is 11.6 Å². The standard InChI is InChI=1S/C22H32O2/c1-3-5-7-9-13-17-18(14-10-8-6-4-2)22(24)20-16-12-11-15-19(20)21(17)23/h11-12,15-18H,3-10,13-14H2,1-2H3. The predicted octanol–water partition coefficient (Wildman–Crippen LogP) is 6.24. The van der Waals surface area contributed by atoms with Gasteiger partial charge in [-0.2, -0.15) is 0 Å². The largest absolute Gasteiger partial charge is 0.294 e. The lowest BCUT2D eigenvalue weighted by atomic mass is 9.70. The van der Waals surface area contributed by atoms with Gasteiger partial charge in [-0.15, -0.1) is 0 Å². The van der Waals surface area contributed by atoms with Crippen LogP contribution in [0.4, 0.5) is 0 Å². The van der Waals surface area contributed by atoms with Gasteiger partial charge in [0.15, 0.2) is 11.6 Å². The lowest BCUT2D eigenvalue weighted by Crippen LogP contribution is -2.36. The molecule has 2 atom stereocenters. The second kappa shape index (κ2) is 9.76. The summed E-state index contributed by atoms with van der Waals surface area (Å²) in [5.74, 6) is 0.237. The third-order valence-corrected chi connectivity index (χ3v) is 5.35. The molecule has 0 aromatic heterocycles. The minimum absolute atomic E-state index is 0.0918. The number of carbonyl (C=O) groups is 2. The molecule has 0 radical (unpaired) electrons. The highest BCUT2D eigenvalue weighted by Gasteiger charge is 2.40. The van der Waals surface area contributed by atoms with Crippen LogP contribution in [0.2, 0.25) is 0 Å². The lowest BCUT2D eigenvalue weighted by Gasteiger charge is -2.31. The molecule has 0 saturated heterocycles. The minimum atomic E-state index is -0.0918. The van der Waals surface area contributed by atoms with E-state index < -0.39 is 0 Å². The van der Waals surface area contributed by atoms with Gasteiger partial charge >= 0.3 is 0 Å². The molecular weight excluding hydrogens is 296 g/mol. The molecule has 0 bridgehead atoms. The van der Waals surface area contributed by atoms with E-state index in [0.717, 1.165) is 25.7 Å². The van der Waals surface area contributed by atoms with E-state index in [1.165, 1.54) is 38.5 Å². The van der Waals surface area contributed by atoms with Gasteiger partial charge in [-0.25, -0.2) is 0 Å². The van der Waals surface area contributed by atoms with Crippen LogP contribution >= 0.6 is 0 Å². The molecule has 132 valence electrons. The van der Waals surface area contributed by atoms with Crippen molar-refractivity contribution in [3.8, 4) is 0 Å². The Morgan fingerprint density at radius 2 is 1.08 bits per heavy atom. The molecule has 0 N–H and O–H groups in total. The van der Waals surface area contributed by atoms with Crippen molar-refractivity contribution in [3.05, 3.63) is 35.4 Å². The smallest absolute Gasteiger partial charge is 0.167 e. The van der Waals surface area contributed by atoms with Crippen molar-refractivity contribution in [2.75, 3.05) is 0 Å². The number of hydrogen-bond acceptors (Lipinski definition) is 2. The zero-order valence-electron chi connectivity index (χ0n) is 15.4. The Bertz CT molecular complexity index is 498. The number of rotatable bonds is 10. The van der Waals surface area contributed by atoms with Crippen LogP contribution in [0.25, 0.3) is 0 Å². The summed E-state index contributed by atoms with van der Waals surface area (Å²) < 4.78 is 0. The van der Waals surface area contributed by atoms with Crippen molar-refractivity contribution in [1.29, 1.82) is 0 Å². The van der Waals surface area contributed by atoms with Crippen LogP contribution in [0.5, 0.6) is 0 Å². The monoisotopic (exact) mass is 328 g/mol. The Labute approximate surface area is 147 Å². The van der Waals surface area contributed by atoms with Crippen LogP contribution in [-0.2, 0) is 0 Å². The number of Topliss-reactive ketones (excluding diaryl/α,β-unsaturated/α-hetero) is 2. The number of hydrogen-bond donors (Lipinski definition) is 0. The summed E-state index contributed by atoms with van der Waals surface area (Å²) in [7, 11) is 0. The van der Waals surface area contributed by atoms with Crippen molar-refractivity contribution in [2.45, 2.75) is 78.1 Å². The summed E-state index contributed by atoms with van der Waals surface area (Å²) in [4.78, 5) is 25.9. The van der Waals surface area contributed by atoms with Gasteiger partial charge in [0, 0.05) is 23.0 Å². The zero-order chi connectivity index (χ0) is 17.4. The maximum Gasteiger partial charge on any atom is 0.167 e. The Hall–Kier alpha value is -1.44. The number of ketones is 2. The summed E-state index contributed by atoms with van der Waals surface area (Å²) in [6.07, 6.45) is 11.0. The first-order chi connectivity index (χ1) is 11.7. The number of fused-ring (bicyclic) bond motifs is 1. The molecular formula is C22H32O2. The van der Waals surface area contributed by atoms with Crippen molar-refractivity contribution in [3.63, 3.8) is 0 Å². The van der Waals surface area contributed by atoms with Gasteiger partial charge < -0.3 is 0 Å². The van der Waals surface area contributed by atoms with Crippen molar-refractivity contribution in [2.24, 2.45) is 11.8 Å². The first-order valence-electron chi connectivity index (χ1n) is 9.88. The van der Waals surface area contributed by atoms with E-state index >= 15 is 0 Å². The van der Waals surface area contributed by atoms with Gasteiger partial charge in [0.1, 0.15) is 0 Å². The van der Waals surface area contributed by atoms with Gasteiger partial charge in [-0.1, -0.05) is 89.5 Å². The van der Waals surface area contributed by atoms with E-state index in [2.05, 4.69) is 13.8 Å². The third-order valence-electron chi connectivity index (χ3n) is 5.35. The summed E-state index contributed by atoms with van der Waals surface area (Å²) >= 11 is 0. The number of benzene rings is 1. The average molecular weight is 328 g/mol. The highest BCUT2D eigenvalue weighted by Crippen LogP contribution is 2.36. The molecule has 0 aliphatic heterocycles. The van der Waals surface area contributed by atoms with E-state index in [9.17, 15) is 9.59 Å². The predicted molar refractivity (Wildman–Crippen MR) is 99.6 cm³/mol. The van der Waals surface area contributed by atoms with Gasteiger partial charge in [0.05, 0.1) is 0 Å². The second-order valence-electron chi connectivity index (χ2n) is 7.19. The number of carbonyl (C=O) groups excluding carboxylic acids is 2. The molecule has 24 heavy (non-hydrogen) atoms. The van der Waals surface area contributed by atoms with Crippen molar-refractivity contribution < 1.29 is 9.59 Å².